The fraction of sp³-hybridized carbons (Fsp3) is 0.350. The number of halogens is 1. The van der Waals surface area contributed by atoms with Crippen molar-refractivity contribution in [3.05, 3.63) is 52.9 Å². The minimum absolute atomic E-state index is 0.160. The zero-order chi connectivity index (χ0) is 19.1. The van der Waals surface area contributed by atoms with Crippen LogP contribution in [0.1, 0.15) is 24.2 Å². The molecule has 3 aromatic rings. The van der Waals surface area contributed by atoms with Gasteiger partial charge in [0.1, 0.15) is 0 Å². The number of benzene rings is 1. The molecule has 1 aromatic carbocycles. The molecule has 0 amide bonds. The Bertz CT molecular complexity index is 903. The third kappa shape index (κ3) is 5.52. The lowest BCUT2D eigenvalue weighted by Gasteiger charge is -2.10. The summed E-state index contributed by atoms with van der Waals surface area (Å²) in [6, 6.07) is 9.74. The van der Waals surface area contributed by atoms with Crippen LogP contribution in [0.5, 0.6) is 0 Å². The zero-order valence-electron chi connectivity index (χ0n) is 15.4. The number of anilines is 2. The number of aromatic nitrogens is 3. The van der Waals surface area contributed by atoms with Crippen molar-refractivity contribution in [3.63, 3.8) is 0 Å². The molecule has 0 saturated carbocycles. The van der Waals surface area contributed by atoms with Crippen molar-refractivity contribution in [1.29, 1.82) is 0 Å². The van der Waals surface area contributed by atoms with Crippen molar-refractivity contribution in [3.8, 4) is 0 Å². The Kier molecular flexibility index (Phi) is 6.79. The van der Waals surface area contributed by atoms with E-state index < -0.39 is 0 Å². The first kappa shape index (κ1) is 19.3. The molecule has 6 nitrogen and oxygen atoms in total. The van der Waals surface area contributed by atoms with Crippen molar-refractivity contribution in [2.45, 2.75) is 26.2 Å². The number of rotatable bonds is 9. The van der Waals surface area contributed by atoms with Crippen LogP contribution in [-0.2, 0) is 6.42 Å². The minimum atomic E-state index is 0.160. The largest absolute Gasteiger partial charge is 0.396 e. The summed E-state index contributed by atoms with van der Waals surface area (Å²) in [7, 11) is 0. The van der Waals surface area contributed by atoms with Gasteiger partial charge in [-0.05, 0) is 56.5 Å². The van der Waals surface area contributed by atoms with Gasteiger partial charge in [0.25, 0.3) is 0 Å². The van der Waals surface area contributed by atoms with E-state index in [0.29, 0.717) is 23.9 Å². The van der Waals surface area contributed by atoms with E-state index in [0.717, 1.165) is 47.4 Å². The van der Waals surface area contributed by atoms with Gasteiger partial charge < -0.3 is 15.7 Å². The van der Waals surface area contributed by atoms with Gasteiger partial charge in [0.15, 0.2) is 0 Å². The summed E-state index contributed by atoms with van der Waals surface area (Å²) in [6.45, 7) is 3.63. The van der Waals surface area contributed by atoms with Gasteiger partial charge in [-0.2, -0.15) is 0 Å². The second kappa shape index (κ2) is 9.48. The molecule has 7 heteroatoms. The molecule has 0 spiro atoms. The smallest absolute Gasteiger partial charge is 0.223 e. The van der Waals surface area contributed by atoms with Gasteiger partial charge >= 0.3 is 0 Å². The first-order valence-corrected chi connectivity index (χ1v) is 9.51. The quantitative estimate of drug-likeness (QED) is 0.485. The summed E-state index contributed by atoms with van der Waals surface area (Å²) in [5.74, 6) is 0.628. The normalized spacial score (nSPS) is 10.9. The highest BCUT2D eigenvalue weighted by atomic mass is 35.5. The SMILES string of the molecule is Cc1cc(CCCNc2ccnc3cc(Cl)ccc23)nc(NCCCO)n1. The molecule has 142 valence electrons. The Labute approximate surface area is 164 Å². The van der Waals surface area contributed by atoms with E-state index in [1.807, 2.05) is 37.3 Å². The Morgan fingerprint density at radius 3 is 2.74 bits per heavy atom. The minimum Gasteiger partial charge on any atom is -0.396 e. The molecule has 0 aliphatic carbocycles. The summed E-state index contributed by atoms with van der Waals surface area (Å²) < 4.78 is 0. The molecule has 0 aliphatic heterocycles. The molecular weight excluding hydrogens is 362 g/mol. The molecule has 0 bridgehead atoms. The zero-order valence-corrected chi connectivity index (χ0v) is 16.1. The predicted octanol–water partition coefficient (Wildman–Crippen LogP) is 3.83. The molecule has 2 aromatic heterocycles. The first-order valence-electron chi connectivity index (χ1n) is 9.13. The van der Waals surface area contributed by atoms with Crippen molar-refractivity contribution in [1.82, 2.24) is 15.0 Å². The van der Waals surface area contributed by atoms with E-state index in [4.69, 9.17) is 16.7 Å². The Hall–Kier alpha value is -2.44. The van der Waals surface area contributed by atoms with Gasteiger partial charge in [-0.1, -0.05) is 11.6 Å². The monoisotopic (exact) mass is 385 g/mol. The fourth-order valence-corrected chi connectivity index (χ4v) is 3.05. The van der Waals surface area contributed by atoms with E-state index in [1.165, 1.54) is 0 Å². The van der Waals surface area contributed by atoms with Crippen LogP contribution in [0.2, 0.25) is 5.02 Å². The summed E-state index contributed by atoms with van der Waals surface area (Å²) in [4.78, 5) is 13.3. The summed E-state index contributed by atoms with van der Waals surface area (Å²) in [5.41, 5.74) is 3.90. The summed E-state index contributed by atoms with van der Waals surface area (Å²) >= 11 is 6.04. The lowest BCUT2D eigenvalue weighted by Crippen LogP contribution is -2.10. The van der Waals surface area contributed by atoms with Crippen LogP contribution in [-0.4, -0.2) is 39.8 Å². The lowest BCUT2D eigenvalue weighted by atomic mass is 10.1. The molecule has 3 rings (SSSR count). The molecule has 0 radical (unpaired) electrons. The van der Waals surface area contributed by atoms with Crippen LogP contribution in [0.4, 0.5) is 11.6 Å². The number of aliphatic hydroxyl groups is 1. The highest BCUT2D eigenvalue weighted by Crippen LogP contribution is 2.24. The number of hydrogen-bond acceptors (Lipinski definition) is 6. The number of pyridine rings is 1. The molecule has 0 unspecified atom stereocenters. The second-order valence-electron chi connectivity index (χ2n) is 6.38. The average Bonchev–Trinajstić information content (AvgIpc) is 2.65. The maximum atomic E-state index is 8.87. The van der Waals surface area contributed by atoms with Crippen LogP contribution < -0.4 is 10.6 Å². The Morgan fingerprint density at radius 2 is 1.89 bits per heavy atom. The van der Waals surface area contributed by atoms with E-state index in [-0.39, 0.29) is 6.61 Å². The van der Waals surface area contributed by atoms with Crippen LogP contribution in [0.25, 0.3) is 10.9 Å². The lowest BCUT2D eigenvalue weighted by molar-refractivity contribution is 0.292. The molecule has 0 saturated heterocycles. The second-order valence-corrected chi connectivity index (χ2v) is 6.81. The van der Waals surface area contributed by atoms with Gasteiger partial charge in [-0.15, -0.1) is 0 Å². The van der Waals surface area contributed by atoms with Crippen molar-refractivity contribution < 1.29 is 5.11 Å². The van der Waals surface area contributed by atoms with Crippen molar-refractivity contribution in [2.75, 3.05) is 30.3 Å². The maximum Gasteiger partial charge on any atom is 0.223 e. The topological polar surface area (TPSA) is 83.0 Å². The van der Waals surface area contributed by atoms with Gasteiger partial charge in [0.2, 0.25) is 5.95 Å². The van der Waals surface area contributed by atoms with Crippen LogP contribution >= 0.6 is 11.6 Å². The summed E-state index contributed by atoms with van der Waals surface area (Å²) in [5, 5.41) is 17.3. The van der Waals surface area contributed by atoms with E-state index in [9.17, 15) is 0 Å². The molecule has 3 N–H and O–H groups in total. The van der Waals surface area contributed by atoms with Gasteiger partial charge in [0.05, 0.1) is 5.52 Å². The highest BCUT2D eigenvalue weighted by molar-refractivity contribution is 6.31. The number of aryl methyl sites for hydroxylation is 2. The third-order valence-electron chi connectivity index (χ3n) is 4.16. The number of nitrogens with zero attached hydrogens (tertiary/aromatic N) is 3. The third-order valence-corrected chi connectivity index (χ3v) is 4.39. The molecule has 0 atom stereocenters. The van der Waals surface area contributed by atoms with Crippen LogP contribution in [0.3, 0.4) is 0 Å². The summed E-state index contributed by atoms with van der Waals surface area (Å²) in [6.07, 6.45) is 4.28. The number of aliphatic hydroxyl groups excluding tert-OH is 1. The first-order chi connectivity index (χ1) is 13.2. The number of hydrogen-bond donors (Lipinski definition) is 3. The van der Waals surface area contributed by atoms with Gasteiger partial charge in [-0.25, -0.2) is 9.97 Å². The Morgan fingerprint density at radius 1 is 1.04 bits per heavy atom. The Balaban J connectivity index is 1.56. The van der Waals surface area contributed by atoms with E-state index >= 15 is 0 Å². The molecular formula is C20H24ClN5O. The highest BCUT2D eigenvalue weighted by Gasteiger charge is 2.04. The molecule has 0 aliphatic rings. The molecule has 27 heavy (non-hydrogen) atoms. The molecule has 2 heterocycles. The standard InChI is InChI=1S/C20H24ClN5O/c1-14-12-16(26-20(25-14)24-9-3-11-27)4-2-8-22-18-7-10-23-19-13-15(21)5-6-17(18)19/h5-7,10,12-13,27H,2-4,8-9,11H2,1H3,(H,22,23)(H,24,25,26). The molecule has 0 fully saturated rings. The average molecular weight is 386 g/mol. The van der Waals surface area contributed by atoms with Crippen LogP contribution in [0, 0.1) is 6.92 Å². The van der Waals surface area contributed by atoms with Crippen molar-refractivity contribution in [2.24, 2.45) is 0 Å². The number of nitrogens with one attached hydrogen (secondary N) is 2. The fourth-order valence-electron chi connectivity index (χ4n) is 2.89. The van der Waals surface area contributed by atoms with E-state index in [2.05, 4.69) is 25.6 Å². The van der Waals surface area contributed by atoms with Crippen LogP contribution in [0.15, 0.2) is 36.5 Å². The predicted molar refractivity (Wildman–Crippen MR) is 111 cm³/mol. The van der Waals surface area contributed by atoms with Crippen molar-refractivity contribution >= 4 is 34.1 Å². The van der Waals surface area contributed by atoms with Gasteiger partial charge in [0, 0.05) is 53.4 Å². The number of fused-ring (bicyclic) bond motifs is 1. The van der Waals surface area contributed by atoms with Gasteiger partial charge in [-0.3, -0.25) is 4.98 Å². The van der Waals surface area contributed by atoms with E-state index in [1.54, 1.807) is 6.20 Å². The maximum absolute atomic E-state index is 8.87.